The van der Waals surface area contributed by atoms with Crippen LogP contribution in [0.5, 0.6) is 11.5 Å². The number of nitrogens with two attached hydrogens (primary N) is 1. The van der Waals surface area contributed by atoms with Gasteiger partial charge >= 0.3 is 0 Å². The smallest absolute Gasteiger partial charge is 0.161 e. The summed E-state index contributed by atoms with van der Waals surface area (Å²) in [6, 6.07) is 7.64. The van der Waals surface area contributed by atoms with E-state index < -0.39 is 0 Å². The molecule has 1 aromatic heterocycles. The van der Waals surface area contributed by atoms with Crippen LogP contribution >= 0.6 is 0 Å². The van der Waals surface area contributed by atoms with E-state index in [0.717, 1.165) is 23.6 Å². The van der Waals surface area contributed by atoms with Gasteiger partial charge in [0.25, 0.3) is 0 Å². The van der Waals surface area contributed by atoms with E-state index in [0.29, 0.717) is 26.3 Å². The van der Waals surface area contributed by atoms with E-state index in [1.54, 1.807) is 4.68 Å². The molecule has 0 atom stereocenters. The van der Waals surface area contributed by atoms with Crippen molar-refractivity contribution in [1.82, 2.24) is 15.0 Å². The molecule has 1 heterocycles. The van der Waals surface area contributed by atoms with Crippen molar-refractivity contribution < 1.29 is 9.47 Å². The third kappa shape index (κ3) is 3.96. The monoisotopic (exact) mass is 276 g/mol. The Morgan fingerprint density at radius 1 is 1.20 bits per heavy atom. The van der Waals surface area contributed by atoms with Gasteiger partial charge in [0.05, 0.1) is 18.8 Å². The van der Waals surface area contributed by atoms with Gasteiger partial charge in [-0.2, -0.15) is 0 Å². The predicted octanol–water partition coefficient (Wildman–Crippen LogP) is 1.26. The third-order valence-electron chi connectivity index (χ3n) is 2.71. The van der Waals surface area contributed by atoms with Crippen molar-refractivity contribution in [3.05, 3.63) is 36.2 Å². The van der Waals surface area contributed by atoms with Gasteiger partial charge in [0.1, 0.15) is 6.61 Å². The molecule has 0 aliphatic carbocycles. The lowest BCUT2D eigenvalue weighted by Crippen LogP contribution is -2.09. The van der Waals surface area contributed by atoms with Crippen molar-refractivity contribution in [3.8, 4) is 11.5 Å². The van der Waals surface area contributed by atoms with E-state index in [9.17, 15) is 0 Å². The summed E-state index contributed by atoms with van der Waals surface area (Å²) in [5, 5.41) is 8.06. The summed E-state index contributed by atoms with van der Waals surface area (Å²) < 4.78 is 13.0. The van der Waals surface area contributed by atoms with Gasteiger partial charge in [-0.3, -0.25) is 0 Å². The topological polar surface area (TPSA) is 75.2 Å². The highest BCUT2D eigenvalue weighted by molar-refractivity contribution is 5.39. The van der Waals surface area contributed by atoms with Crippen LogP contribution in [0, 0.1) is 0 Å². The van der Waals surface area contributed by atoms with E-state index in [4.69, 9.17) is 15.2 Å². The van der Waals surface area contributed by atoms with Crippen LogP contribution < -0.4 is 15.2 Å². The van der Waals surface area contributed by atoms with Crippen LogP contribution in [-0.4, -0.2) is 34.8 Å². The van der Waals surface area contributed by atoms with Gasteiger partial charge in [-0.25, -0.2) is 4.68 Å². The minimum Gasteiger partial charge on any atom is -0.490 e. The fourth-order valence-electron chi connectivity index (χ4n) is 1.80. The fourth-order valence-corrected chi connectivity index (χ4v) is 1.80. The van der Waals surface area contributed by atoms with Crippen LogP contribution in [0.2, 0.25) is 0 Å². The van der Waals surface area contributed by atoms with E-state index in [-0.39, 0.29) is 0 Å². The maximum Gasteiger partial charge on any atom is 0.161 e. The molecule has 6 nitrogen and oxygen atoms in total. The Kier molecular flexibility index (Phi) is 5.37. The molecule has 0 bridgehead atoms. The second-order valence-corrected chi connectivity index (χ2v) is 4.24. The fraction of sp³-hybridized carbons (Fsp3) is 0.429. The third-order valence-corrected chi connectivity index (χ3v) is 2.71. The van der Waals surface area contributed by atoms with Gasteiger partial charge in [-0.05, 0) is 25.6 Å². The molecule has 20 heavy (non-hydrogen) atoms. The van der Waals surface area contributed by atoms with Crippen molar-refractivity contribution in [2.75, 3.05) is 19.8 Å². The minimum atomic E-state index is 0.509. The number of aromatic nitrogens is 3. The first-order valence-electron chi connectivity index (χ1n) is 6.77. The van der Waals surface area contributed by atoms with Gasteiger partial charge in [-0.1, -0.05) is 17.3 Å². The number of hydrogen-bond donors (Lipinski definition) is 1. The number of hydrogen-bond acceptors (Lipinski definition) is 5. The summed E-state index contributed by atoms with van der Waals surface area (Å²) >= 11 is 0. The second-order valence-electron chi connectivity index (χ2n) is 4.24. The number of benzene rings is 1. The first-order chi connectivity index (χ1) is 9.83. The number of para-hydroxylation sites is 2. The van der Waals surface area contributed by atoms with E-state index in [1.807, 2.05) is 37.4 Å². The zero-order valence-corrected chi connectivity index (χ0v) is 11.7. The van der Waals surface area contributed by atoms with Gasteiger partial charge in [-0.15, -0.1) is 5.10 Å². The summed E-state index contributed by atoms with van der Waals surface area (Å²) in [6.07, 6.45) is 2.64. The average Bonchev–Trinajstić information content (AvgIpc) is 2.89. The van der Waals surface area contributed by atoms with Crippen LogP contribution in [0.1, 0.15) is 12.6 Å². The van der Waals surface area contributed by atoms with Crippen molar-refractivity contribution >= 4 is 0 Å². The van der Waals surface area contributed by atoms with E-state index in [2.05, 4.69) is 10.3 Å². The number of nitrogens with zero attached hydrogens (tertiary/aromatic N) is 3. The molecule has 2 aromatic rings. The summed E-state index contributed by atoms with van der Waals surface area (Å²) in [4.78, 5) is 0. The van der Waals surface area contributed by atoms with Crippen molar-refractivity contribution in [1.29, 1.82) is 0 Å². The molecule has 6 heteroatoms. The summed E-state index contributed by atoms with van der Waals surface area (Å²) in [6.45, 7) is 4.29. The molecule has 2 N–H and O–H groups in total. The first-order valence-corrected chi connectivity index (χ1v) is 6.77. The molecule has 0 aliphatic heterocycles. The first kappa shape index (κ1) is 14.3. The van der Waals surface area contributed by atoms with Gasteiger partial charge in [0.15, 0.2) is 11.5 Å². The second kappa shape index (κ2) is 7.49. The highest BCUT2D eigenvalue weighted by atomic mass is 16.5. The summed E-state index contributed by atoms with van der Waals surface area (Å²) in [5.74, 6) is 1.51. The summed E-state index contributed by atoms with van der Waals surface area (Å²) in [7, 11) is 0. The SMILES string of the molecule is CCOc1ccccc1OCCn1cc(CCN)nn1. The molecule has 0 saturated carbocycles. The highest BCUT2D eigenvalue weighted by Gasteiger charge is 2.04. The molecule has 0 radical (unpaired) electrons. The van der Waals surface area contributed by atoms with Crippen molar-refractivity contribution in [3.63, 3.8) is 0 Å². The molecule has 0 spiro atoms. The standard InChI is InChI=1S/C14H20N4O2/c1-2-19-13-5-3-4-6-14(13)20-10-9-18-11-12(7-8-15)16-17-18/h3-6,11H,2,7-10,15H2,1H3. The molecular weight excluding hydrogens is 256 g/mol. The Morgan fingerprint density at radius 2 is 1.95 bits per heavy atom. The quantitative estimate of drug-likeness (QED) is 0.785. The Morgan fingerprint density at radius 3 is 2.65 bits per heavy atom. The molecule has 0 unspecified atom stereocenters. The maximum absolute atomic E-state index is 5.72. The molecular formula is C14H20N4O2. The minimum absolute atomic E-state index is 0.509. The zero-order chi connectivity index (χ0) is 14.2. The highest BCUT2D eigenvalue weighted by Crippen LogP contribution is 2.26. The van der Waals surface area contributed by atoms with Crippen molar-refractivity contribution in [2.45, 2.75) is 19.9 Å². The van der Waals surface area contributed by atoms with Crippen molar-refractivity contribution in [2.24, 2.45) is 5.73 Å². The lowest BCUT2D eigenvalue weighted by molar-refractivity contribution is 0.261. The van der Waals surface area contributed by atoms with E-state index in [1.165, 1.54) is 0 Å². The van der Waals surface area contributed by atoms with Gasteiger partial charge < -0.3 is 15.2 Å². The molecule has 2 rings (SSSR count). The lowest BCUT2D eigenvalue weighted by atomic mass is 10.3. The van der Waals surface area contributed by atoms with Gasteiger partial charge in [0.2, 0.25) is 0 Å². The molecule has 0 saturated heterocycles. The molecule has 0 aliphatic rings. The van der Waals surface area contributed by atoms with Crippen LogP contribution in [0.3, 0.4) is 0 Å². The Bertz CT molecular complexity index is 527. The number of ether oxygens (including phenoxy) is 2. The maximum atomic E-state index is 5.72. The normalized spacial score (nSPS) is 10.5. The lowest BCUT2D eigenvalue weighted by Gasteiger charge is -2.11. The van der Waals surface area contributed by atoms with Crippen LogP contribution in [-0.2, 0) is 13.0 Å². The summed E-state index contributed by atoms with van der Waals surface area (Å²) in [5.41, 5.74) is 6.38. The molecule has 0 fully saturated rings. The Hall–Kier alpha value is -2.08. The van der Waals surface area contributed by atoms with E-state index >= 15 is 0 Å². The van der Waals surface area contributed by atoms with Crippen LogP contribution in [0.15, 0.2) is 30.5 Å². The Labute approximate surface area is 118 Å². The largest absolute Gasteiger partial charge is 0.490 e. The molecule has 108 valence electrons. The Balaban J connectivity index is 1.85. The zero-order valence-electron chi connectivity index (χ0n) is 11.7. The number of rotatable bonds is 8. The predicted molar refractivity (Wildman–Crippen MR) is 75.9 cm³/mol. The van der Waals surface area contributed by atoms with Crippen LogP contribution in [0.25, 0.3) is 0 Å². The van der Waals surface area contributed by atoms with Crippen LogP contribution in [0.4, 0.5) is 0 Å². The molecule has 0 amide bonds. The molecule has 1 aromatic carbocycles. The average molecular weight is 276 g/mol. The van der Waals surface area contributed by atoms with Gasteiger partial charge in [0, 0.05) is 12.6 Å².